The Hall–Kier alpha value is -2.17. The second kappa shape index (κ2) is 7.83. The van der Waals surface area contributed by atoms with Crippen LogP contribution in [0.2, 0.25) is 0 Å². The van der Waals surface area contributed by atoms with Crippen LogP contribution in [-0.4, -0.2) is 47.1 Å². The SMILES string of the molecule is O=C(O)c1ccc(CN2CCC3(CCN(Cc4ccccc4)CC3)C2)cc1. The van der Waals surface area contributed by atoms with Crippen LogP contribution >= 0.6 is 0 Å². The highest BCUT2D eigenvalue weighted by atomic mass is 16.4. The van der Waals surface area contributed by atoms with E-state index in [9.17, 15) is 4.79 Å². The van der Waals surface area contributed by atoms with E-state index in [2.05, 4.69) is 40.1 Å². The van der Waals surface area contributed by atoms with Gasteiger partial charge < -0.3 is 5.11 Å². The summed E-state index contributed by atoms with van der Waals surface area (Å²) in [5, 5.41) is 9.03. The molecule has 1 N–H and O–H groups in total. The summed E-state index contributed by atoms with van der Waals surface area (Å²) >= 11 is 0. The fourth-order valence-corrected chi connectivity index (χ4v) is 4.61. The number of hydrogen-bond acceptors (Lipinski definition) is 3. The van der Waals surface area contributed by atoms with Crippen molar-refractivity contribution in [2.45, 2.75) is 32.4 Å². The molecule has 2 aliphatic rings. The zero-order valence-electron chi connectivity index (χ0n) is 15.8. The number of carboxylic acids is 1. The molecule has 4 nitrogen and oxygen atoms in total. The van der Waals surface area contributed by atoms with E-state index in [0.29, 0.717) is 11.0 Å². The van der Waals surface area contributed by atoms with E-state index in [1.54, 1.807) is 12.1 Å². The van der Waals surface area contributed by atoms with Gasteiger partial charge in [-0.15, -0.1) is 0 Å². The molecular weight excluding hydrogens is 336 g/mol. The lowest BCUT2D eigenvalue weighted by Crippen LogP contribution is -2.41. The zero-order valence-corrected chi connectivity index (χ0v) is 15.8. The predicted molar refractivity (Wildman–Crippen MR) is 107 cm³/mol. The largest absolute Gasteiger partial charge is 0.478 e. The van der Waals surface area contributed by atoms with Crippen LogP contribution in [-0.2, 0) is 13.1 Å². The summed E-state index contributed by atoms with van der Waals surface area (Å²) in [7, 11) is 0. The van der Waals surface area contributed by atoms with E-state index in [-0.39, 0.29) is 0 Å². The minimum atomic E-state index is -0.857. The number of likely N-dealkylation sites (tertiary alicyclic amines) is 2. The van der Waals surface area contributed by atoms with Gasteiger partial charge >= 0.3 is 5.97 Å². The summed E-state index contributed by atoms with van der Waals surface area (Å²) in [4.78, 5) is 16.1. The Morgan fingerprint density at radius 1 is 0.815 bits per heavy atom. The van der Waals surface area contributed by atoms with Gasteiger partial charge in [0.2, 0.25) is 0 Å². The summed E-state index contributed by atoms with van der Waals surface area (Å²) < 4.78 is 0. The maximum Gasteiger partial charge on any atom is 0.335 e. The Morgan fingerprint density at radius 3 is 2.00 bits per heavy atom. The Bertz CT molecular complexity index is 765. The molecule has 2 heterocycles. The van der Waals surface area contributed by atoms with E-state index in [0.717, 1.165) is 19.6 Å². The van der Waals surface area contributed by atoms with Gasteiger partial charge in [-0.2, -0.15) is 0 Å². The van der Waals surface area contributed by atoms with Crippen LogP contribution in [0, 0.1) is 5.41 Å². The van der Waals surface area contributed by atoms with Crippen molar-refractivity contribution in [1.82, 2.24) is 9.80 Å². The summed E-state index contributed by atoms with van der Waals surface area (Å²) in [5.41, 5.74) is 3.46. The van der Waals surface area contributed by atoms with Gasteiger partial charge in [0.25, 0.3) is 0 Å². The summed E-state index contributed by atoms with van der Waals surface area (Å²) in [6.45, 7) is 6.70. The second-order valence-electron chi connectivity index (χ2n) is 8.22. The van der Waals surface area contributed by atoms with Gasteiger partial charge in [0.15, 0.2) is 0 Å². The molecule has 0 atom stereocenters. The lowest BCUT2D eigenvalue weighted by Gasteiger charge is -2.39. The van der Waals surface area contributed by atoms with Crippen LogP contribution < -0.4 is 0 Å². The fraction of sp³-hybridized carbons (Fsp3) is 0.435. The molecule has 2 aromatic carbocycles. The molecule has 142 valence electrons. The molecule has 2 aromatic rings. The average Bonchev–Trinajstić information content (AvgIpc) is 3.07. The second-order valence-corrected chi connectivity index (χ2v) is 8.22. The van der Waals surface area contributed by atoms with Crippen molar-refractivity contribution in [3.63, 3.8) is 0 Å². The van der Waals surface area contributed by atoms with Crippen molar-refractivity contribution in [1.29, 1.82) is 0 Å². The van der Waals surface area contributed by atoms with E-state index in [1.165, 1.54) is 50.0 Å². The molecule has 2 saturated heterocycles. The zero-order chi connectivity index (χ0) is 18.7. The van der Waals surface area contributed by atoms with Gasteiger partial charge in [-0.3, -0.25) is 9.80 Å². The van der Waals surface area contributed by atoms with Gasteiger partial charge in [-0.05, 0) is 67.6 Å². The van der Waals surface area contributed by atoms with Crippen molar-refractivity contribution < 1.29 is 9.90 Å². The van der Waals surface area contributed by atoms with Crippen molar-refractivity contribution in [2.24, 2.45) is 5.41 Å². The molecule has 2 aliphatic heterocycles. The first kappa shape index (κ1) is 18.2. The van der Waals surface area contributed by atoms with E-state index >= 15 is 0 Å². The molecule has 0 aromatic heterocycles. The van der Waals surface area contributed by atoms with Crippen molar-refractivity contribution in [2.75, 3.05) is 26.2 Å². The Morgan fingerprint density at radius 2 is 1.37 bits per heavy atom. The monoisotopic (exact) mass is 364 g/mol. The standard InChI is InChI=1S/C23H28N2O2/c26-22(27)21-8-6-20(7-9-21)17-25-15-12-23(18-25)10-13-24(14-11-23)16-19-4-2-1-3-5-19/h1-9H,10-18H2,(H,26,27). The third-order valence-electron chi connectivity index (χ3n) is 6.29. The molecular formula is C23H28N2O2. The molecule has 0 unspecified atom stereocenters. The third kappa shape index (κ3) is 4.40. The van der Waals surface area contributed by atoms with Gasteiger partial charge in [0.1, 0.15) is 0 Å². The van der Waals surface area contributed by atoms with E-state index in [4.69, 9.17) is 5.11 Å². The quantitative estimate of drug-likeness (QED) is 0.875. The highest BCUT2D eigenvalue weighted by Gasteiger charge is 2.40. The first-order valence-electron chi connectivity index (χ1n) is 9.93. The molecule has 27 heavy (non-hydrogen) atoms. The molecule has 4 rings (SSSR count). The molecule has 0 radical (unpaired) electrons. The number of carboxylic acid groups (broad SMARTS) is 1. The fourth-order valence-electron chi connectivity index (χ4n) is 4.61. The predicted octanol–water partition coefficient (Wildman–Crippen LogP) is 3.87. The van der Waals surface area contributed by atoms with Crippen molar-refractivity contribution in [3.05, 3.63) is 71.3 Å². The summed E-state index contributed by atoms with van der Waals surface area (Å²) in [6.07, 6.45) is 3.86. The van der Waals surface area contributed by atoms with Crippen LogP contribution in [0.15, 0.2) is 54.6 Å². The van der Waals surface area contributed by atoms with Gasteiger partial charge in [0, 0.05) is 19.6 Å². The van der Waals surface area contributed by atoms with Gasteiger partial charge in [-0.1, -0.05) is 42.5 Å². The van der Waals surface area contributed by atoms with Gasteiger partial charge in [-0.25, -0.2) is 4.79 Å². The molecule has 0 aliphatic carbocycles. The van der Waals surface area contributed by atoms with Crippen LogP contribution in [0.1, 0.15) is 40.7 Å². The first-order valence-corrected chi connectivity index (χ1v) is 9.93. The number of benzene rings is 2. The number of carbonyl (C=O) groups is 1. The maximum atomic E-state index is 11.0. The highest BCUT2D eigenvalue weighted by Crippen LogP contribution is 2.41. The number of aromatic carboxylic acids is 1. The minimum Gasteiger partial charge on any atom is -0.478 e. The van der Waals surface area contributed by atoms with Gasteiger partial charge in [0.05, 0.1) is 5.56 Å². The van der Waals surface area contributed by atoms with Crippen molar-refractivity contribution in [3.8, 4) is 0 Å². The van der Waals surface area contributed by atoms with Crippen LogP contribution in [0.5, 0.6) is 0 Å². The lowest BCUT2D eigenvalue weighted by molar-refractivity contribution is 0.0697. The van der Waals surface area contributed by atoms with Crippen LogP contribution in [0.25, 0.3) is 0 Å². The number of hydrogen-bond donors (Lipinski definition) is 1. The molecule has 0 bridgehead atoms. The van der Waals surface area contributed by atoms with Crippen LogP contribution in [0.3, 0.4) is 0 Å². The molecule has 0 amide bonds. The van der Waals surface area contributed by atoms with Crippen molar-refractivity contribution >= 4 is 5.97 Å². The molecule has 4 heteroatoms. The smallest absolute Gasteiger partial charge is 0.335 e. The normalized spacial score (nSPS) is 20.1. The Balaban J connectivity index is 1.28. The summed E-state index contributed by atoms with van der Waals surface area (Å²) in [5.74, 6) is -0.857. The number of piperidine rings is 1. The average molecular weight is 364 g/mol. The Labute approximate surface area is 161 Å². The van der Waals surface area contributed by atoms with E-state index in [1.807, 2.05) is 12.1 Å². The molecule has 2 fully saturated rings. The van der Waals surface area contributed by atoms with Crippen LogP contribution in [0.4, 0.5) is 0 Å². The molecule has 0 saturated carbocycles. The third-order valence-corrected chi connectivity index (χ3v) is 6.29. The minimum absolute atomic E-state index is 0.363. The topological polar surface area (TPSA) is 43.8 Å². The maximum absolute atomic E-state index is 11.0. The number of nitrogens with zero attached hydrogens (tertiary/aromatic N) is 2. The summed E-state index contributed by atoms with van der Waals surface area (Å²) in [6, 6.07) is 18.1. The Kier molecular flexibility index (Phi) is 5.28. The first-order chi connectivity index (χ1) is 13.1. The number of rotatable bonds is 5. The highest BCUT2D eigenvalue weighted by molar-refractivity contribution is 5.87. The molecule has 1 spiro atoms. The van der Waals surface area contributed by atoms with E-state index < -0.39 is 5.97 Å². The lowest BCUT2D eigenvalue weighted by atomic mass is 9.77.